The number of carbonyl (C=O) groups excluding carboxylic acids is 2. The maximum atomic E-state index is 11.3. The SMILES string of the molecule is CCOc1cc2ccc1[nH]2.O=C1C=CC(=O)c2c(O)ccc(O)c21. The van der Waals surface area contributed by atoms with Gasteiger partial charge in [0.15, 0.2) is 11.6 Å². The van der Waals surface area contributed by atoms with Gasteiger partial charge in [-0.15, -0.1) is 0 Å². The van der Waals surface area contributed by atoms with Crippen molar-refractivity contribution in [3.8, 4) is 17.2 Å². The van der Waals surface area contributed by atoms with E-state index in [1.54, 1.807) is 0 Å². The van der Waals surface area contributed by atoms with Crippen LogP contribution >= 0.6 is 0 Å². The number of aromatic nitrogens is 1. The molecule has 3 N–H and O–H groups in total. The standard InChI is InChI=1S/C10H6O4.C8H9NO/c11-5-1-2-6(12)10-8(14)4-3-7(13)9(5)10;1-2-10-8-5-6-3-4-7(8)9-6/h1-4,11-12H;3-5,9H,2H2,1H3. The summed E-state index contributed by atoms with van der Waals surface area (Å²) in [7, 11) is 0. The van der Waals surface area contributed by atoms with Gasteiger partial charge >= 0.3 is 0 Å². The van der Waals surface area contributed by atoms with Crippen LogP contribution < -0.4 is 4.74 Å². The summed E-state index contributed by atoms with van der Waals surface area (Å²) in [5.74, 6) is -0.568. The number of aromatic hydroxyl groups is 2. The van der Waals surface area contributed by atoms with Crippen LogP contribution in [0.5, 0.6) is 17.2 Å². The molecule has 1 aliphatic rings. The number of phenolic OH excluding ortho intramolecular Hbond substituents is 2. The normalized spacial score (nSPS) is 12.9. The first-order valence-electron chi connectivity index (χ1n) is 7.36. The van der Waals surface area contributed by atoms with E-state index in [4.69, 9.17) is 4.74 Å². The molecule has 24 heavy (non-hydrogen) atoms. The van der Waals surface area contributed by atoms with Crippen molar-refractivity contribution >= 4 is 22.6 Å². The topological polar surface area (TPSA) is 99.6 Å². The van der Waals surface area contributed by atoms with Gasteiger partial charge in [-0.2, -0.15) is 0 Å². The summed E-state index contributed by atoms with van der Waals surface area (Å²) in [5, 5.41) is 18.7. The number of fused-ring (bicyclic) bond motifs is 3. The molecule has 2 aromatic heterocycles. The lowest BCUT2D eigenvalue weighted by Gasteiger charge is -2.11. The highest BCUT2D eigenvalue weighted by Crippen LogP contribution is 2.32. The minimum atomic E-state index is -0.479. The zero-order valence-corrected chi connectivity index (χ0v) is 12.9. The van der Waals surface area contributed by atoms with Gasteiger partial charge in [0.25, 0.3) is 0 Å². The molecule has 6 heteroatoms. The van der Waals surface area contributed by atoms with E-state index in [0.29, 0.717) is 0 Å². The smallest absolute Gasteiger partial charge is 0.190 e. The maximum absolute atomic E-state index is 11.3. The number of ketones is 2. The van der Waals surface area contributed by atoms with E-state index < -0.39 is 11.6 Å². The van der Waals surface area contributed by atoms with Crippen LogP contribution in [0.2, 0.25) is 0 Å². The number of H-pyrrole nitrogens is 1. The van der Waals surface area contributed by atoms with Gasteiger partial charge in [-0.1, -0.05) is 0 Å². The lowest BCUT2D eigenvalue weighted by molar-refractivity contribution is 0.0989. The number of aromatic amines is 1. The molecule has 122 valence electrons. The Bertz CT molecular complexity index is 895. The summed E-state index contributed by atoms with van der Waals surface area (Å²) in [6, 6.07) is 8.44. The number of rotatable bonds is 2. The van der Waals surface area contributed by atoms with Gasteiger partial charge in [0, 0.05) is 11.6 Å². The monoisotopic (exact) mass is 325 g/mol. The molecular formula is C18H15NO5. The van der Waals surface area contributed by atoms with Crippen molar-refractivity contribution in [2.45, 2.75) is 6.92 Å². The molecule has 0 amide bonds. The third kappa shape index (κ3) is 2.69. The summed E-state index contributed by atoms with van der Waals surface area (Å²) in [6.07, 6.45) is 2.15. The molecule has 0 unspecified atom stereocenters. The molecule has 0 aliphatic heterocycles. The molecule has 0 radical (unpaired) electrons. The number of ether oxygens (including phenoxy) is 1. The summed E-state index contributed by atoms with van der Waals surface area (Å²) < 4.78 is 5.33. The summed E-state index contributed by atoms with van der Waals surface area (Å²) in [5.41, 5.74) is 1.98. The molecule has 0 saturated carbocycles. The van der Waals surface area contributed by atoms with Crippen LogP contribution in [0.4, 0.5) is 0 Å². The van der Waals surface area contributed by atoms with Gasteiger partial charge in [0.1, 0.15) is 17.2 Å². The van der Waals surface area contributed by atoms with E-state index in [2.05, 4.69) is 4.98 Å². The fourth-order valence-corrected chi connectivity index (χ4v) is 2.53. The Morgan fingerprint density at radius 2 is 1.54 bits per heavy atom. The Balaban J connectivity index is 0.000000149. The van der Waals surface area contributed by atoms with Gasteiger partial charge in [-0.05, 0) is 43.3 Å². The van der Waals surface area contributed by atoms with Crippen molar-refractivity contribution in [1.29, 1.82) is 0 Å². The Kier molecular flexibility index (Phi) is 3.95. The fourth-order valence-electron chi connectivity index (χ4n) is 2.53. The Morgan fingerprint density at radius 3 is 1.96 bits per heavy atom. The zero-order valence-electron chi connectivity index (χ0n) is 12.9. The second-order valence-corrected chi connectivity index (χ2v) is 5.18. The van der Waals surface area contributed by atoms with Gasteiger partial charge < -0.3 is 19.9 Å². The number of benzene rings is 2. The minimum absolute atomic E-state index is 0.127. The number of nitrogens with one attached hydrogen (secondary N) is 1. The molecule has 0 atom stereocenters. The van der Waals surface area contributed by atoms with E-state index in [-0.39, 0.29) is 22.6 Å². The van der Waals surface area contributed by atoms with Crippen LogP contribution in [0.25, 0.3) is 11.0 Å². The molecule has 1 aromatic carbocycles. The summed E-state index contributed by atoms with van der Waals surface area (Å²) in [4.78, 5) is 25.8. The maximum Gasteiger partial charge on any atom is 0.190 e. The van der Waals surface area contributed by atoms with Crippen molar-refractivity contribution in [1.82, 2.24) is 4.98 Å². The second-order valence-electron chi connectivity index (χ2n) is 5.18. The van der Waals surface area contributed by atoms with Crippen molar-refractivity contribution in [2.24, 2.45) is 0 Å². The average Bonchev–Trinajstić information content (AvgIpc) is 3.17. The third-order valence-electron chi connectivity index (χ3n) is 3.60. The molecule has 3 aromatic rings. The highest BCUT2D eigenvalue weighted by atomic mass is 16.5. The van der Waals surface area contributed by atoms with Crippen molar-refractivity contribution in [3.63, 3.8) is 0 Å². The molecular weight excluding hydrogens is 310 g/mol. The second kappa shape index (κ2) is 6.08. The van der Waals surface area contributed by atoms with E-state index in [0.717, 1.165) is 35.5 Å². The zero-order chi connectivity index (χ0) is 17.3. The summed E-state index contributed by atoms with van der Waals surface area (Å²) in [6.45, 7) is 2.72. The van der Waals surface area contributed by atoms with Crippen LogP contribution in [-0.2, 0) is 0 Å². The van der Waals surface area contributed by atoms with E-state index in [9.17, 15) is 19.8 Å². The van der Waals surface area contributed by atoms with Crippen LogP contribution in [0, 0.1) is 0 Å². The molecule has 2 bridgehead atoms. The molecule has 2 heterocycles. The van der Waals surface area contributed by atoms with Crippen LogP contribution in [0.3, 0.4) is 0 Å². The quantitative estimate of drug-likeness (QED) is 0.629. The number of allylic oxidation sites excluding steroid dienone is 2. The van der Waals surface area contributed by atoms with Gasteiger partial charge in [-0.25, -0.2) is 0 Å². The number of hydrogen-bond acceptors (Lipinski definition) is 5. The molecule has 0 spiro atoms. The first-order valence-corrected chi connectivity index (χ1v) is 7.36. The van der Waals surface area contributed by atoms with Gasteiger partial charge in [0.2, 0.25) is 0 Å². The van der Waals surface area contributed by atoms with Crippen LogP contribution in [0.1, 0.15) is 27.6 Å². The molecule has 1 aliphatic carbocycles. The van der Waals surface area contributed by atoms with E-state index in [1.165, 1.54) is 12.1 Å². The average molecular weight is 325 g/mol. The molecule has 0 fully saturated rings. The van der Waals surface area contributed by atoms with Gasteiger partial charge in [0.05, 0.1) is 23.3 Å². The Labute approximate surface area is 137 Å². The predicted octanol–water partition coefficient (Wildman–Crippen LogP) is 3.04. The van der Waals surface area contributed by atoms with Crippen LogP contribution in [-0.4, -0.2) is 33.4 Å². The van der Waals surface area contributed by atoms with Crippen LogP contribution in [0.15, 0.2) is 42.5 Å². The first kappa shape index (κ1) is 15.6. The molecule has 4 rings (SSSR count). The Morgan fingerprint density at radius 1 is 0.958 bits per heavy atom. The van der Waals surface area contributed by atoms with E-state index in [1.807, 2.05) is 25.1 Å². The van der Waals surface area contributed by atoms with Crippen molar-refractivity contribution < 1.29 is 24.5 Å². The van der Waals surface area contributed by atoms with Crippen molar-refractivity contribution in [2.75, 3.05) is 6.61 Å². The lowest BCUT2D eigenvalue weighted by atomic mass is 9.93. The number of hydrogen-bond donors (Lipinski definition) is 3. The fraction of sp³-hybridized carbons (Fsp3) is 0.111. The third-order valence-corrected chi connectivity index (χ3v) is 3.60. The van der Waals surface area contributed by atoms with Crippen molar-refractivity contribution in [3.05, 3.63) is 53.6 Å². The first-order chi connectivity index (χ1) is 11.5. The minimum Gasteiger partial charge on any atom is -0.507 e. The summed E-state index contributed by atoms with van der Waals surface area (Å²) >= 11 is 0. The lowest BCUT2D eigenvalue weighted by Crippen LogP contribution is -2.11. The number of phenols is 2. The molecule has 6 nitrogen and oxygen atoms in total. The largest absolute Gasteiger partial charge is 0.507 e. The predicted molar refractivity (Wildman–Crippen MR) is 88.2 cm³/mol. The van der Waals surface area contributed by atoms with Gasteiger partial charge in [-0.3, -0.25) is 9.59 Å². The number of carbonyl (C=O) groups is 2. The Hall–Kier alpha value is -3.28. The highest BCUT2D eigenvalue weighted by Gasteiger charge is 2.25. The van der Waals surface area contributed by atoms with E-state index >= 15 is 0 Å². The molecule has 0 saturated heterocycles. The highest BCUT2D eigenvalue weighted by molar-refractivity contribution is 6.24.